The van der Waals surface area contributed by atoms with Crippen molar-refractivity contribution in [2.24, 2.45) is 0 Å². The van der Waals surface area contributed by atoms with E-state index in [2.05, 4.69) is 30.4 Å². The number of carbonyl (C=O) groups is 1. The molecule has 2 aromatic carbocycles. The van der Waals surface area contributed by atoms with Crippen LogP contribution in [0.2, 0.25) is 0 Å². The molecule has 0 aliphatic heterocycles. The highest BCUT2D eigenvalue weighted by Crippen LogP contribution is 2.11. The van der Waals surface area contributed by atoms with E-state index in [0.717, 1.165) is 17.8 Å². The van der Waals surface area contributed by atoms with Crippen LogP contribution < -0.4 is 5.32 Å². The number of likely N-dealkylation sites (N-methyl/N-ethyl adjacent to an activating group) is 1. The van der Waals surface area contributed by atoms with E-state index in [4.69, 9.17) is 5.26 Å². The first-order chi connectivity index (χ1) is 11.1. The van der Waals surface area contributed by atoms with Crippen LogP contribution in [0.3, 0.4) is 0 Å². The molecule has 0 atom stereocenters. The summed E-state index contributed by atoms with van der Waals surface area (Å²) in [5.41, 5.74) is 4.15. The molecule has 0 bridgehead atoms. The first kappa shape index (κ1) is 16.7. The molecule has 4 heteroatoms. The molecule has 2 aromatic rings. The minimum Gasteiger partial charge on any atom is -0.325 e. The van der Waals surface area contributed by atoms with Gasteiger partial charge in [-0.05, 0) is 42.8 Å². The maximum absolute atomic E-state index is 12.1. The highest BCUT2D eigenvalue weighted by molar-refractivity contribution is 5.92. The lowest BCUT2D eigenvalue weighted by Crippen LogP contribution is -2.30. The molecule has 2 rings (SSSR count). The molecule has 0 saturated carbocycles. The minimum atomic E-state index is -0.0471. The number of hydrogen-bond acceptors (Lipinski definition) is 3. The molecule has 23 heavy (non-hydrogen) atoms. The van der Waals surface area contributed by atoms with Gasteiger partial charge in [-0.2, -0.15) is 5.26 Å². The molecule has 0 heterocycles. The van der Waals surface area contributed by atoms with E-state index in [1.165, 1.54) is 11.1 Å². The Morgan fingerprint density at radius 1 is 1.17 bits per heavy atom. The van der Waals surface area contributed by atoms with Crippen molar-refractivity contribution in [2.75, 3.05) is 18.9 Å². The molecule has 0 fully saturated rings. The monoisotopic (exact) mass is 307 g/mol. The third-order valence-electron chi connectivity index (χ3n) is 3.64. The van der Waals surface area contributed by atoms with Crippen LogP contribution in [0.25, 0.3) is 0 Å². The fourth-order valence-electron chi connectivity index (χ4n) is 2.38. The van der Waals surface area contributed by atoms with Gasteiger partial charge in [-0.25, -0.2) is 0 Å². The second-order valence-corrected chi connectivity index (χ2v) is 5.68. The van der Waals surface area contributed by atoms with Crippen molar-refractivity contribution >= 4 is 11.6 Å². The molecule has 1 amide bonds. The van der Waals surface area contributed by atoms with Gasteiger partial charge in [0.15, 0.2) is 0 Å². The fraction of sp³-hybridized carbons (Fsp3) is 0.263. The highest BCUT2D eigenvalue weighted by Gasteiger charge is 2.08. The first-order valence-corrected chi connectivity index (χ1v) is 7.57. The maximum Gasteiger partial charge on any atom is 0.238 e. The summed E-state index contributed by atoms with van der Waals surface area (Å²) in [6.45, 7) is 3.14. The molecule has 4 nitrogen and oxygen atoms in total. The van der Waals surface area contributed by atoms with Crippen LogP contribution in [0.5, 0.6) is 0 Å². The Balaban J connectivity index is 1.86. The number of nitrogens with zero attached hydrogens (tertiary/aromatic N) is 2. The summed E-state index contributed by atoms with van der Waals surface area (Å²) in [6.07, 6.45) is 0.382. The van der Waals surface area contributed by atoms with Crippen LogP contribution in [-0.2, 0) is 17.8 Å². The molecule has 0 aromatic heterocycles. The van der Waals surface area contributed by atoms with E-state index in [1.807, 2.05) is 48.3 Å². The topological polar surface area (TPSA) is 56.1 Å². The summed E-state index contributed by atoms with van der Waals surface area (Å²) in [7, 11) is 1.93. The zero-order valence-corrected chi connectivity index (χ0v) is 13.5. The summed E-state index contributed by atoms with van der Waals surface area (Å²) in [4.78, 5) is 14.1. The van der Waals surface area contributed by atoms with Crippen LogP contribution in [0.4, 0.5) is 5.69 Å². The summed E-state index contributed by atoms with van der Waals surface area (Å²) < 4.78 is 0. The third-order valence-corrected chi connectivity index (χ3v) is 3.64. The number of hydrogen-bond donors (Lipinski definition) is 1. The summed E-state index contributed by atoms with van der Waals surface area (Å²) in [6, 6.07) is 17.7. The molecule has 0 aliphatic carbocycles. The van der Waals surface area contributed by atoms with Crippen LogP contribution in [0, 0.1) is 18.3 Å². The Hall–Kier alpha value is -2.64. The Morgan fingerprint density at radius 2 is 1.87 bits per heavy atom. The van der Waals surface area contributed by atoms with Crippen molar-refractivity contribution in [1.29, 1.82) is 5.26 Å². The second kappa shape index (κ2) is 8.11. The number of carbonyl (C=O) groups excluding carboxylic acids is 1. The molecule has 0 aliphatic rings. The van der Waals surface area contributed by atoms with Gasteiger partial charge in [0.2, 0.25) is 5.91 Å². The Labute approximate surface area is 137 Å². The van der Waals surface area contributed by atoms with Crippen LogP contribution in [0.15, 0.2) is 48.5 Å². The third kappa shape index (κ3) is 5.24. The standard InChI is InChI=1S/C19H21N3O/c1-15-5-3-4-6-17(15)13-22(2)14-19(23)21-18-9-7-16(8-10-18)11-12-20/h3-10H,11,13-14H2,1-2H3,(H,21,23). The number of aryl methyl sites for hydroxylation is 1. The fourth-order valence-corrected chi connectivity index (χ4v) is 2.38. The van der Waals surface area contributed by atoms with Gasteiger partial charge in [0.25, 0.3) is 0 Å². The quantitative estimate of drug-likeness (QED) is 0.892. The zero-order chi connectivity index (χ0) is 16.7. The molecule has 0 unspecified atom stereocenters. The van der Waals surface area contributed by atoms with Gasteiger partial charge in [0, 0.05) is 12.2 Å². The van der Waals surface area contributed by atoms with Gasteiger partial charge in [-0.3, -0.25) is 9.69 Å². The number of amides is 1. The lowest BCUT2D eigenvalue weighted by atomic mass is 10.1. The zero-order valence-electron chi connectivity index (χ0n) is 13.5. The summed E-state index contributed by atoms with van der Waals surface area (Å²) in [5, 5.41) is 11.5. The van der Waals surface area contributed by atoms with E-state index in [9.17, 15) is 4.79 Å². The molecule has 1 N–H and O–H groups in total. The van der Waals surface area contributed by atoms with E-state index in [-0.39, 0.29) is 5.91 Å². The van der Waals surface area contributed by atoms with E-state index in [0.29, 0.717) is 13.0 Å². The summed E-state index contributed by atoms with van der Waals surface area (Å²) >= 11 is 0. The van der Waals surface area contributed by atoms with Crippen molar-refractivity contribution in [3.05, 3.63) is 65.2 Å². The Bertz CT molecular complexity index is 701. The maximum atomic E-state index is 12.1. The predicted molar refractivity (Wildman–Crippen MR) is 91.9 cm³/mol. The number of anilines is 1. The molecule has 0 spiro atoms. The molecule has 0 radical (unpaired) electrons. The smallest absolute Gasteiger partial charge is 0.238 e. The SMILES string of the molecule is Cc1ccccc1CN(C)CC(=O)Nc1ccc(CC#N)cc1. The van der Waals surface area contributed by atoms with E-state index in [1.54, 1.807) is 0 Å². The second-order valence-electron chi connectivity index (χ2n) is 5.68. The Kier molecular flexibility index (Phi) is 5.90. The number of nitriles is 1. The van der Waals surface area contributed by atoms with Crippen molar-refractivity contribution in [1.82, 2.24) is 4.90 Å². The van der Waals surface area contributed by atoms with Gasteiger partial charge < -0.3 is 5.32 Å². The normalized spacial score (nSPS) is 10.3. The van der Waals surface area contributed by atoms with Gasteiger partial charge in [0.1, 0.15) is 0 Å². The van der Waals surface area contributed by atoms with Crippen LogP contribution >= 0.6 is 0 Å². The lowest BCUT2D eigenvalue weighted by Gasteiger charge is -2.17. The number of rotatable bonds is 6. The average molecular weight is 307 g/mol. The van der Waals surface area contributed by atoms with Gasteiger partial charge in [-0.15, -0.1) is 0 Å². The van der Waals surface area contributed by atoms with Gasteiger partial charge in [-0.1, -0.05) is 36.4 Å². The van der Waals surface area contributed by atoms with E-state index >= 15 is 0 Å². The molecular formula is C19H21N3O. The average Bonchev–Trinajstić information content (AvgIpc) is 2.51. The Morgan fingerprint density at radius 3 is 2.52 bits per heavy atom. The van der Waals surface area contributed by atoms with Crippen molar-refractivity contribution < 1.29 is 4.79 Å². The van der Waals surface area contributed by atoms with Gasteiger partial charge in [0.05, 0.1) is 19.0 Å². The van der Waals surface area contributed by atoms with E-state index < -0.39 is 0 Å². The largest absolute Gasteiger partial charge is 0.325 e. The van der Waals surface area contributed by atoms with Crippen LogP contribution in [-0.4, -0.2) is 24.4 Å². The highest BCUT2D eigenvalue weighted by atomic mass is 16.2. The predicted octanol–water partition coefficient (Wildman–Crippen LogP) is 3.13. The number of nitrogens with one attached hydrogen (secondary N) is 1. The summed E-state index contributed by atoms with van der Waals surface area (Å²) in [5.74, 6) is -0.0471. The van der Waals surface area contributed by atoms with Crippen molar-refractivity contribution in [3.63, 3.8) is 0 Å². The lowest BCUT2D eigenvalue weighted by molar-refractivity contribution is -0.117. The molecule has 0 saturated heterocycles. The van der Waals surface area contributed by atoms with Crippen molar-refractivity contribution in [2.45, 2.75) is 19.9 Å². The van der Waals surface area contributed by atoms with Crippen molar-refractivity contribution in [3.8, 4) is 6.07 Å². The molecule has 118 valence electrons. The number of benzene rings is 2. The van der Waals surface area contributed by atoms with Gasteiger partial charge >= 0.3 is 0 Å². The first-order valence-electron chi connectivity index (χ1n) is 7.57. The minimum absolute atomic E-state index is 0.0471. The molecular weight excluding hydrogens is 286 g/mol. The van der Waals surface area contributed by atoms with Crippen LogP contribution in [0.1, 0.15) is 16.7 Å².